The van der Waals surface area contributed by atoms with Crippen LogP contribution in [-0.4, -0.2) is 25.7 Å². The fraction of sp³-hybridized carbons (Fsp3) is 1.00. The summed E-state index contributed by atoms with van der Waals surface area (Å²) in [6.45, 7) is 10.3. The molecule has 1 aliphatic rings. The number of rotatable bonds is 7. The summed E-state index contributed by atoms with van der Waals surface area (Å²) in [5.41, 5.74) is 0. The monoisotopic (exact) mass is 212 g/mol. The Morgan fingerprint density at radius 1 is 1.07 bits per heavy atom. The Labute approximate surface area is 95.2 Å². The zero-order valence-corrected chi connectivity index (χ0v) is 10.7. The molecule has 1 fully saturated rings. The molecule has 0 amide bonds. The van der Waals surface area contributed by atoms with Gasteiger partial charge in [-0.25, -0.2) is 0 Å². The lowest BCUT2D eigenvalue weighted by Gasteiger charge is -2.18. The van der Waals surface area contributed by atoms with Gasteiger partial charge in [0.05, 0.1) is 0 Å². The predicted octanol–water partition coefficient (Wildman–Crippen LogP) is 2.40. The van der Waals surface area contributed by atoms with E-state index in [1.165, 1.54) is 32.2 Å². The Morgan fingerprint density at radius 3 is 2.33 bits per heavy atom. The average molecular weight is 212 g/mol. The molecule has 0 aromatic carbocycles. The standard InChI is InChI=1S/C13H28N2/c1-11(2)8-14-9-12(3)15-10-13-6-4-5-7-13/h11-15H,4-10H2,1-3H3. The third-order valence-corrected chi connectivity index (χ3v) is 3.23. The molecule has 1 unspecified atom stereocenters. The fourth-order valence-corrected chi connectivity index (χ4v) is 2.24. The molecule has 0 saturated heterocycles. The van der Waals surface area contributed by atoms with Crippen LogP contribution in [0.5, 0.6) is 0 Å². The van der Waals surface area contributed by atoms with Crippen molar-refractivity contribution in [2.45, 2.75) is 52.5 Å². The van der Waals surface area contributed by atoms with Crippen molar-refractivity contribution in [1.82, 2.24) is 10.6 Å². The van der Waals surface area contributed by atoms with Gasteiger partial charge in [-0.1, -0.05) is 26.7 Å². The zero-order chi connectivity index (χ0) is 11.1. The Kier molecular flexibility index (Phi) is 6.26. The van der Waals surface area contributed by atoms with Crippen molar-refractivity contribution < 1.29 is 0 Å². The van der Waals surface area contributed by atoms with E-state index < -0.39 is 0 Å². The summed E-state index contributed by atoms with van der Waals surface area (Å²) in [5, 5.41) is 7.13. The Balaban J connectivity index is 1.95. The lowest BCUT2D eigenvalue weighted by molar-refractivity contribution is 0.421. The minimum atomic E-state index is 0.615. The van der Waals surface area contributed by atoms with Crippen LogP contribution in [0.2, 0.25) is 0 Å². The highest BCUT2D eigenvalue weighted by Crippen LogP contribution is 2.23. The highest BCUT2D eigenvalue weighted by Gasteiger charge is 2.15. The molecule has 2 heteroatoms. The van der Waals surface area contributed by atoms with Gasteiger partial charge in [-0.3, -0.25) is 0 Å². The first-order chi connectivity index (χ1) is 7.18. The van der Waals surface area contributed by atoms with Gasteiger partial charge < -0.3 is 10.6 Å². The van der Waals surface area contributed by atoms with Crippen LogP contribution in [0.3, 0.4) is 0 Å². The van der Waals surface area contributed by atoms with Crippen molar-refractivity contribution in [3.8, 4) is 0 Å². The van der Waals surface area contributed by atoms with Gasteiger partial charge in [0.15, 0.2) is 0 Å². The van der Waals surface area contributed by atoms with Gasteiger partial charge in [0.2, 0.25) is 0 Å². The zero-order valence-electron chi connectivity index (χ0n) is 10.7. The molecular formula is C13H28N2. The lowest BCUT2D eigenvalue weighted by atomic mass is 10.1. The smallest absolute Gasteiger partial charge is 0.0164 e. The van der Waals surface area contributed by atoms with Crippen molar-refractivity contribution in [2.75, 3.05) is 19.6 Å². The predicted molar refractivity (Wildman–Crippen MR) is 67.1 cm³/mol. The third-order valence-electron chi connectivity index (χ3n) is 3.23. The quantitative estimate of drug-likeness (QED) is 0.677. The van der Waals surface area contributed by atoms with Gasteiger partial charge in [-0.2, -0.15) is 0 Å². The molecule has 15 heavy (non-hydrogen) atoms. The van der Waals surface area contributed by atoms with E-state index in [2.05, 4.69) is 31.4 Å². The normalized spacial score (nSPS) is 20.0. The Bertz CT molecular complexity index is 151. The molecule has 1 atom stereocenters. The summed E-state index contributed by atoms with van der Waals surface area (Å²) in [6.07, 6.45) is 5.79. The summed E-state index contributed by atoms with van der Waals surface area (Å²) in [5.74, 6) is 1.71. The Morgan fingerprint density at radius 2 is 1.73 bits per heavy atom. The van der Waals surface area contributed by atoms with E-state index in [1.54, 1.807) is 0 Å². The molecule has 0 aromatic heterocycles. The van der Waals surface area contributed by atoms with Gasteiger partial charge in [0, 0.05) is 12.6 Å². The molecule has 0 bridgehead atoms. The number of hydrogen-bond donors (Lipinski definition) is 2. The second kappa shape index (κ2) is 7.24. The molecule has 90 valence electrons. The van der Waals surface area contributed by atoms with Crippen molar-refractivity contribution in [3.05, 3.63) is 0 Å². The third kappa shape index (κ3) is 6.16. The van der Waals surface area contributed by atoms with E-state index in [1.807, 2.05) is 0 Å². The maximum atomic E-state index is 3.64. The summed E-state index contributed by atoms with van der Waals surface area (Å²) in [6, 6.07) is 0.615. The summed E-state index contributed by atoms with van der Waals surface area (Å²) < 4.78 is 0. The van der Waals surface area contributed by atoms with Crippen LogP contribution >= 0.6 is 0 Å². The minimum Gasteiger partial charge on any atom is -0.315 e. The molecule has 1 aliphatic carbocycles. The van der Waals surface area contributed by atoms with Crippen LogP contribution in [0.4, 0.5) is 0 Å². The molecule has 2 nitrogen and oxygen atoms in total. The molecule has 1 saturated carbocycles. The van der Waals surface area contributed by atoms with Crippen molar-refractivity contribution in [3.63, 3.8) is 0 Å². The van der Waals surface area contributed by atoms with Crippen LogP contribution in [0, 0.1) is 11.8 Å². The molecule has 1 rings (SSSR count). The second-order valence-corrected chi connectivity index (χ2v) is 5.51. The molecule has 0 aliphatic heterocycles. The lowest BCUT2D eigenvalue weighted by Crippen LogP contribution is -2.39. The summed E-state index contributed by atoms with van der Waals surface area (Å²) in [4.78, 5) is 0. The maximum absolute atomic E-state index is 3.64. The van der Waals surface area contributed by atoms with E-state index in [9.17, 15) is 0 Å². The summed E-state index contributed by atoms with van der Waals surface area (Å²) >= 11 is 0. The van der Waals surface area contributed by atoms with E-state index in [4.69, 9.17) is 0 Å². The fourth-order valence-electron chi connectivity index (χ4n) is 2.24. The van der Waals surface area contributed by atoms with E-state index in [0.717, 1.165) is 24.9 Å². The highest BCUT2D eigenvalue weighted by molar-refractivity contribution is 4.72. The maximum Gasteiger partial charge on any atom is 0.0164 e. The second-order valence-electron chi connectivity index (χ2n) is 5.51. The van der Waals surface area contributed by atoms with Crippen LogP contribution in [0.25, 0.3) is 0 Å². The van der Waals surface area contributed by atoms with Gasteiger partial charge in [0.25, 0.3) is 0 Å². The molecule has 0 heterocycles. The largest absolute Gasteiger partial charge is 0.315 e. The number of nitrogens with one attached hydrogen (secondary N) is 2. The number of hydrogen-bond acceptors (Lipinski definition) is 2. The van der Waals surface area contributed by atoms with Gasteiger partial charge in [-0.05, 0) is 44.7 Å². The topological polar surface area (TPSA) is 24.1 Å². The van der Waals surface area contributed by atoms with E-state index in [-0.39, 0.29) is 0 Å². The highest BCUT2D eigenvalue weighted by atomic mass is 15.0. The Hall–Kier alpha value is -0.0800. The first-order valence-electron chi connectivity index (χ1n) is 6.62. The molecule has 2 N–H and O–H groups in total. The first-order valence-corrected chi connectivity index (χ1v) is 6.62. The van der Waals surface area contributed by atoms with Gasteiger partial charge >= 0.3 is 0 Å². The van der Waals surface area contributed by atoms with Gasteiger partial charge in [0.1, 0.15) is 0 Å². The van der Waals surface area contributed by atoms with Crippen LogP contribution < -0.4 is 10.6 Å². The molecule has 0 radical (unpaired) electrons. The molecule has 0 aromatic rings. The van der Waals surface area contributed by atoms with E-state index >= 15 is 0 Å². The van der Waals surface area contributed by atoms with Crippen molar-refractivity contribution in [2.24, 2.45) is 11.8 Å². The van der Waals surface area contributed by atoms with Crippen molar-refractivity contribution in [1.29, 1.82) is 0 Å². The van der Waals surface area contributed by atoms with Crippen LogP contribution in [0.15, 0.2) is 0 Å². The van der Waals surface area contributed by atoms with Crippen LogP contribution in [0.1, 0.15) is 46.5 Å². The first kappa shape index (κ1) is 13.0. The van der Waals surface area contributed by atoms with Gasteiger partial charge in [-0.15, -0.1) is 0 Å². The molecule has 0 spiro atoms. The molecular weight excluding hydrogens is 184 g/mol. The van der Waals surface area contributed by atoms with E-state index in [0.29, 0.717) is 6.04 Å². The average Bonchev–Trinajstić information content (AvgIpc) is 2.66. The SMILES string of the molecule is CC(C)CNCC(C)NCC1CCCC1. The minimum absolute atomic E-state index is 0.615. The van der Waals surface area contributed by atoms with Crippen molar-refractivity contribution >= 4 is 0 Å². The van der Waals surface area contributed by atoms with Crippen LogP contribution in [-0.2, 0) is 0 Å². The summed E-state index contributed by atoms with van der Waals surface area (Å²) in [7, 11) is 0.